The Hall–Kier alpha value is -4.69. The number of pyridine rings is 2. The third-order valence-corrected chi connectivity index (χ3v) is 6.91. The number of nitriles is 1. The van der Waals surface area contributed by atoms with E-state index in [1.165, 1.54) is 35.3 Å². The van der Waals surface area contributed by atoms with E-state index in [4.69, 9.17) is 0 Å². The van der Waals surface area contributed by atoms with Crippen molar-refractivity contribution in [2.24, 2.45) is 7.05 Å². The number of hydrogen-bond donors (Lipinski definition) is 1. The van der Waals surface area contributed by atoms with Gasteiger partial charge in [-0.1, -0.05) is 42.5 Å². The minimum absolute atomic E-state index is 0.00105. The largest absolute Gasteiger partial charge is 0.433 e. The summed E-state index contributed by atoms with van der Waals surface area (Å²) in [6.07, 6.45) is -0.995. The molecule has 0 bridgehead atoms. The molecule has 0 amide bonds. The Kier molecular flexibility index (Phi) is 6.83. The smallest absolute Gasteiger partial charge is 0.374 e. The van der Waals surface area contributed by atoms with Gasteiger partial charge in [0, 0.05) is 43.1 Å². The fourth-order valence-corrected chi connectivity index (χ4v) is 4.93. The van der Waals surface area contributed by atoms with Crippen molar-refractivity contribution in [3.05, 3.63) is 124 Å². The summed E-state index contributed by atoms with van der Waals surface area (Å²) >= 11 is 0. The molecule has 1 unspecified atom stereocenters. The van der Waals surface area contributed by atoms with Crippen molar-refractivity contribution in [1.29, 1.82) is 5.26 Å². The topological polar surface area (TPSA) is 87.6 Å². The van der Waals surface area contributed by atoms with E-state index in [-0.39, 0.29) is 45.3 Å². The van der Waals surface area contributed by atoms with E-state index in [9.17, 15) is 32.3 Å². The van der Waals surface area contributed by atoms with Gasteiger partial charge < -0.3 is 9.67 Å². The molecule has 0 saturated carbocycles. The monoisotopic (exact) mass is 563 g/mol. The van der Waals surface area contributed by atoms with Crippen molar-refractivity contribution in [3.8, 4) is 6.07 Å². The standard InChI is InChI=1S/C30H22F5N5O/c1-28(31,32)27-22(12-18-6-4-3-5-7-18)23(14-36)21-13-19(8-10-24(21)39-27)29(41,26-16-37-17-40(26)2)20-9-11-25(38-15-20)30(33,34)35/h3-11,13,15-17,41H,12H2,1-2H3. The highest BCUT2D eigenvalue weighted by atomic mass is 19.4. The number of aliphatic hydroxyl groups is 1. The molecule has 0 radical (unpaired) electrons. The number of alkyl halides is 5. The van der Waals surface area contributed by atoms with E-state index in [1.807, 2.05) is 0 Å². The summed E-state index contributed by atoms with van der Waals surface area (Å²) in [5.74, 6) is -3.36. The van der Waals surface area contributed by atoms with E-state index in [0.717, 1.165) is 18.3 Å². The molecular formula is C30H22F5N5O. The lowest BCUT2D eigenvalue weighted by Crippen LogP contribution is -2.31. The number of benzene rings is 2. The van der Waals surface area contributed by atoms with Crippen molar-refractivity contribution >= 4 is 10.9 Å². The summed E-state index contributed by atoms with van der Waals surface area (Å²) in [5, 5.41) is 22.6. The van der Waals surface area contributed by atoms with Crippen molar-refractivity contribution in [2.75, 3.05) is 0 Å². The zero-order valence-electron chi connectivity index (χ0n) is 21.8. The molecule has 5 aromatic rings. The number of imidazole rings is 1. The quantitative estimate of drug-likeness (QED) is 0.247. The number of hydrogen-bond acceptors (Lipinski definition) is 5. The molecule has 0 aliphatic carbocycles. The molecule has 3 aromatic heterocycles. The maximum absolute atomic E-state index is 14.8. The van der Waals surface area contributed by atoms with Crippen LogP contribution in [0.25, 0.3) is 10.9 Å². The van der Waals surface area contributed by atoms with Gasteiger partial charge >= 0.3 is 6.18 Å². The second-order valence-electron chi connectivity index (χ2n) is 9.74. The molecule has 2 aromatic carbocycles. The van der Waals surface area contributed by atoms with Crippen molar-refractivity contribution in [3.63, 3.8) is 0 Å². The van der Waals surface area contributed by atoms with Crippen LogP contribution >= 0.6 is 0 Å². The lowest BCUT2D eigenvalue weighted by Gasteiger charge is -2.30. The summed E-state index contributed by atoms with van der Waals surface area (Å²) in [6, 6.07) is 17.0. The number of rotatable bonds is 6. The molecule has 11 heteroatoms. The molecule has 6 nitrogen and oxygen atoms in total. The SMILES string of the molecule is Cn1cncc1C(O)(c1ccc(C(F)(F)F)nc1)c1ccc2nc(C(C)(F)F)c(Cc3ccccc3)c(C#N)c2c1. The van der Waals surface area contributed by atoms with E-state index < -0.39 is 29.1 Å². The second kappa shape index (κ2) is 10.1. The maximum Gasteiger partial charge on any atom is 0.433 e. The minimum Gasteiger partial charge on any atom is -0.374 e. The highest BCUT2D eigenvalue weighted by molar-refractivity contribution is 5.87. The molecule has 41 heavy (non-hydrogen) atoms. The Morgan fingerprint density at radius 2 is 1.66 bits per heavy atom. The van der Waals surface area contributed by atoms with Gasteiger partial charge in [-0.15, -0.1) is 0 Å². The Balaban J connectivity index is 1.77. The number of nitrogens with zero attached hydrogens (tertiary/aromatic N) is 5. The van der Waals surface area contributed by atoms with Crippen molar-refractivity contribution in [1.82, 2.24) is 19.5 Å². The third-order valence-electron chi connectivity index (χ3n) is 6.91. The maximum atomic E-state index is 14.8. The van der Waals surface area contributed by atoms with Gasteiger partial charge in [-0.3, -0.25) is 4.98 Å². The third kappa shape index (κ3) is 5.02. The van der Waals surface area contributed by atoms with Gasteiger partial charge in [-0.2, -0.15) is 27.2 Å². The molecular weight excluding hydrogens is 541 g/mol. The molecule has 0 aliphatic heterocycles. The highest BCUT2D eigenvalue weighted by Crippen LogP contribution is 2.40. The fraction of sp³-hybridized carbons (Fsp3) is 0.200. The lowest BCUT2D eigenvalue weighted by atomic mass is 9.83. The molecule has 0 saturated heterocycles. The first-order valence-corrected chi connectivity index (χ1v) is 12.4. The predicted octanol–water partition coefficient (Wildman–Crippen LogP) is 6.24. The van der Waals surface area contributed by atoms with Crippen LogP contribution in [-0.4, -0.2) is 24.6 Å². The summed E-state index contributed by atoms with van der Waals surface area (Å²) in [7, 11) is 1.60. The summed E-state index contributed by atoms with van der Waals surface area (Å²) in [6.45, 7) is 0.712. The van der Waals surface area contributed by atoms with Crippen LogP contribution in [0.15, 0.2) is 79.4 Å². The molecule has 208 valence electrons. The number of aromatic nitrogens is 4. The van der Waals surface area contributed by atoms with Crippen LogP contribution in [-0.2, 0) is 31.2 Å². The molecule has 3 heterocycles. The van der Waals surface area contributed by atoms with E-state index >= 15 is 0 Å². The first-order chi connectivity index (χ1) is 19.3. The molecule has 5 rings (SSSR count). The zero-order valence-corrected chi connectivity index (χ0v) is 21.8. The van der Waals surface area contributed by atoms with Crippen LogP contribution in [0.5, 0.6) is 0 Å². The second-order valence-corrected chi connectivity index (χ2v) is 9.74. The Labute approximate surface area is 231 Å². The molecule has 0 fully saturated rings. The number of halogens is 5. The van der Waals surface area contributed by atoms with Crippen LogP contribution in [0, 0.1) is 11.3 Å². The average Bonchev–Trinajstić information content (AvgIpc) is 3.37. The normalized spacial score (nSPS) is 13.6. The van der Waals surface area contributed by atoms with Gasteiger partial charge in [0.1, 0.15) is 17.5 Å². The van der Waals surface area contributed by atoms with Gasteiger partial charge in [0.15, 0.2) is 5.60 Å². The Morgan fingerprint density at radius 3 is 2.22 bits per heavy atom. The van der Waals surface area contributed by atoms with Gasteiger partial charge in [-0.25, -0.2) is 9.97 Å². The van der Waals surface area contributed by atoms with Crippen LogP contribution in [0.1, 0.15) is 51.8 Å². The van der Waals surface area contributed by atoms with Gasteiger partial charge in [0.05, 0.1) is 29.3 Å². The van der Waals surface area contributed by atoms with E-state index in [1.54, 1.807) is 37.4 Å². The minimum atomic E-state index is -4.69. The fourth-order valence-electron chi connectivity index (χ4n) is 4.93. The predicted molar refractivity (Wildman–Crippen MR) is 140 cm³/mol. The first-order valence-electron chi connectivity index (χ1n) is 12.4. The van der Waals surface area contributed by atoms with Crippen molar-refractivity contribution in [2.45, 2.75) is 31.0 Å². The number of fused-ring (bicyclic) bond motifs is 1. The van der Waals surface area contributed by atoms with Gasteiger partial charge in [0.25, 0.3) is 5.92 Å². The summed E-state index contributed by atoms with van der Waals surface area (Å²) in [4.78, 5) is 11.8. The number of aryl methyl sites for hydroxylation is 1. The molecule has 1 atom stereocenters. The Bertz CT molecular complexity index is 1770. The lowest BCUT2D eigenvalue weighted by molar-refractivity contribution is -0.141. The summed E-state index contributed by atoms with van der Waals surface area (Å²) < 4.78 is 70.7. The van der Waals surface area contributed by atoms with E-state index in [2.05, 4.69) is 21.0 Å². The summed E-state index contributed by atoms with van der Waals surface area (Å²) in [5.41, 5.74) is -2.62. The zero-order chi connectivity index (χ0) is 29.6. The molecule has 1 N–H and O–H groups in total. The van der Waals surface area contributed by atoms with Crippen LogP contribution < -0.4 is 0 Å². The Morgan fingerprint density at radius 1 is 0.951 bits per heavy atom. The van der Waals surface area contributed by atoms with E-state index in [0.29, 0.717) is 12.5 Å². The molecule has 0 spiro atoms. The van der Waals surface area contributed by atoms with Crippen LogP contribution in [0.2, 0.25) is 0 Å². The van der Waals surface area contributed by atoms with Gasteiger partial charge in [0.2, 0.25) is 0 Å². The average molecular weight is 564 g/mol. The first kappa shape index (κ1) is 27.9. The van der Waals surface area contributed by atoms with Crippen LogP contribution in [0.3, 0.4) is 0 Å². The van der Waals surface area contributed by atoms with Crippen LogP contribution in [0.4, 0.5) is 22.0 Å². The highest BCUT2D eigenvalue weighted by Gasteiger charge is 2.40. The van der Waals surface area contributed by atoms with Crippen molar-refractivity contribution < 1.29 is 27.1 Å². The van der Waals surface area contributed by atoms with Gasteiger partial charge in [-0.05, 0) is 29.3 Å². The molecule has 0 aliphatic rings.